The van der Waals surface area contributed by atoms with Gasteiger partial charge < -0.3 is 15.5 Å². The Kier molecular flexibility index (Phi) is 5.18. The number of benzene rings is 1. The zero-order valence-corrected chi connectivity index (χ0v) is 15.9. The third-order valence-electron chi connectivity index (χ3n) is 4.83. The second-order valence-electron chi connectivity index (χ2n) is 6.80. The van der Waals surface area contributed by atoms with E-state index in [0.717, 1.165) is 48.8 Å². The molecule has 0 unspecified atom stereocenters. The van der Waals surface area contributed by atoms with E-state index in [1.54, 1.807) is 17.1 Å². The molecule has 1 aliphatic rings. The van der Waals surface area contributed by atoms with Crippen LogP contribution in [0.2, 0.25) is 0 Å². The SMILES string of the molecule is Cn1cc(-c2cccc(CN=C(N)N3CCN(c4ncccn4)CC3)c2)cn1. The van der Waals surface area contributed by atoms with E-state index < -0.39 is 0 Å². The predicted molar refractivity (Wildman–Crippen MR) is 110 cm³/mol. The largest absolute Gasteiger partial charge is 0.370 e. The lowest BCUT2D eigenvalue weighted by Crippen LogP contribution is -2.51. The van der Waals surface area contributed by atoms with E-state index in [4.69, 9.17) is 5.73 Å². The third kappa shape index (κ3) is 4.11. The van der Waals surface area contributed by atoms with E-state index >= 15 is 0 Å². The summed E-state index contributed by atoms with van der Waals surface area (Å²) < 4.78 is 1.80. The first-order valence-corrected chi connectivity index (χ1v) is 9.34. The molecular formula is C20H24N8. The van der Waals surface area contributed by atoms with Crippen LogP contribution in [0.25, 0.3) is 11.1 Å². The zero-order valence-electron chi connectivity index (χ0n) is 15.9. The van der Waals surface area contributed by atoms with Crippen LogP contribution >= 0.6 is 0 Å². The van der Waals surface area contributed by atoms with Crippen LogP contribution in [-0.2, 0) is 13.6 Å². The fourth-order valence-electron chi connectivity index (χ4n) is 3.28. The molecule has 1 fully saturated rings. The molecule has 144 valence electrons. The van der Waals surface area contributed by atoms with Gasteiger partial charge in [-0.1, -0.05) is 18.2 Å². The molecule has 4 rings (SSSR count). The number of piperazine rings is 1. The third-order valence-corrected chi connectivity index (χ3v) is 4.83. The highest BCUT2D eigenvalue weighted by molar-refractivity contribution is 5.78. The topological polar surface area (TPSA) is 88.5 Å². The summed E-state index contributed by atoms with van der Waals surface area (Å²) in [4.78, 5) is 17.5. The van der Waals surface area contributed by atoms with Crippen LogP contribution in [0.3, 0.4) is 0 Å². The number of nitrogens with two attached hydrogens (primary N) is 1. The first kappa shape index (κ1) is 18.0. The van der Waals surface area contributed by atoms with Gasteiger partial charge in [0.25, 0.3) is 0 Å². The number of aliphatic imine (C=N–C) groups is 1. The molecule has 1 aromatic carbocycles. The molecule has 2 N–H and O–H groups in total. The summed E-state index contributed by atoms with van der Waals surface area (Å²) in [6.45, 7) is 3.84. The van der Waals surface area contributed by atoms with Gasteiger partial charge in [0.1, 0.15) is 0 Å². The summed E-state index contributed by atoms with van der Waals surface area (Å²) in [5.41, 5.74) is 9.60. The Balaban J connectivity index is 1.36. The monoisotopic (exact) mass is 376 g/mol. The minimum atomic E-state index is 0.557. The highest BCUT2D eigenvalue weighted by Crippen LogP contribution is 2.20. The zero-order chi connectivity index (χ0) is 19.3. The summed E-state index contributed by atoms with van der Waals surface area (Å²) >= 11 is 0. The van der Waals surface area contributed by atoms with Crippen molar-refractivity contribution in [3.63, 3.8) is 0 Å². The van der Waals surface area contributed by atoms with E-state index in [1.165, 1.54) is 0 Å². The van der Waals surface area contributed by atoms with Gasteiger partial charge in [0.05, 0.1) is 12.7 Å². The van der Waals surface area contributed by atoms with Gasteiger partial charge >= 0.3 is 0 Å². The molecule has 3 heterocycles. The van der Waals surface area contributed by atoms with E-state index in [9.17, 15) is 0 Å². The number of rotatable bonds is 4. The van der Waals surface area contributed by atoms with Gasteiger partial charge in [-0.2, -0.15) is 5.10 Å². The molecular weight excluding hydrogens is 352 g/mol. The summed E-state index contributed by atoms with van der Waals surface area (Å²) in [7, 11) is 1.92. The van der Waals surface area contributed by atoms with Crippen molar-refractivity contribution in [1.29, 1.82) is 0 Å². The second-order valence-corrected chi connectivity index (χ2v) is 6.80. The molecule has 2 aromatic heterocycles. The summed E-state index contributed by atoms with van der Waals surface area (Å²) in [5, 5.41) is 4.24. The van der Waals surface area contributed by atoms with Crippen molar-refractivity contribution in [3.05, 3.63) is 60.7 Å². The standard InChI is InChI=1S/C20H24N8/c1-26-15-18(14-25-26)17-5-2-4-16(12-17)13-24-19(21)27-8-10-28(11-9-27)20-22-6-3-7-23-20/h2-7,12,14-15H,8-11,13H2,1H3,(H2,21,24). The summed E-state index contributed by atoms with van der Waals surface area (Å²) in [6, 6.07) is 10.2. The number of aromatic nitrogens is 4. The number of aryl methyl sites for hydroxylation is 1. The minimum absolute atomic E-state index is 0.557. The molecule has 8 heteroatoms. The van der Waals surface area contributed by atoms with Crippen LogP contribution in [0.5, 0.6) is 0 Å². The lowest BCUT2D eigenvalue weighted by atomic mass is 10.1. The highest BCUT2D eigenvalue weighted by atomic mass is 15.3. The fourth-order valence-corrected chi connectivity index (χ4v) is 3.28. The summed E-state index contributed by atoms with van der Waals surface area (Å²) in [5.74, 6) is 1.35. The molecule has 0 saturated carbocycles. The number of anilines is 1. The second kappa shape index (κ2) is 8.08. The van der Waals surface area contributed by atoms with Gasteiger partial charge in [-0.25, -0.2) is 15.0 Å². The molecule has 1 aliphatic heterocycles. The van der Waals surface area contributed by atoms with Gasteiger partial charge in [0.2, 0.25) is 5.95 Å². The van der Waals surface area contributed by atoms with Crippen molar-refractivity contribution in [2.24, 2.45) is 17.8 Å². The maximum Gasteiger partial charge on any atom is 0.225 e. The molecule has 1 saturated heterocycles. The van der Waals surface area contributed by atoms with Gasteiger partial charge in [-0.05, 0) is 23.3 Å². The smallest absolute Gasteiger partial charge is 0.225 e. The van der Waals surface area contributed by atoms with Crippen molar-refractivity contribution in [2.75, 3.05) is 31.1 Å². The van der Waals surface area contributed by atoms with Crippen LogP contribution in [0, 0.1) is 0 Å². The lowest BCUT2D eigenvalue weighted by Gasteiger charge is -2.35. The Morgan fingerprint density at radius 1 is 1.07 bits per heavy atom. The molecule has 0 amide bonds. The van der Waals surface area contributed by atoms with Gasteiger partial charge in [-0.15, -0.1) is 0 Å². The van der Waals surface area contributed by atoms with Crippen LogP contribution in [0.15, 0.2) is 60.1 Å². The molecule has 3 aromatic rings. The number of nitrogens with zero attached hydrogens (tertiary/aromatic N) is 7. The van der Waals surface area contributed by atoms with E-state index in [0.29, 0.717) is 12.5 Å². The molecule has 0 spiro atoms. The predicted octanol–water partition coefficient (Wildman–Crippen LogP) is 1.51. The Bertz CT molecular complexity index is 942. The average molecular weight is 376 g/mol. The van der Waals surface area contributed by atoms with Gasteiger partial charge in [-0.3, -0.25) is 4.68 Å². The fraction of sp³-hybridized carbons (Fsp3) is 0.300. The molecule has 0 atom stereocenters. The Hall–Kier alpha value is -3.42. The first-order chi connectivity index (χ1) is 13.7. The molecule has 0 aliphatic carbocycles. The lowest BCUT2D eigenvalue weighted by molar-refractivity contribution is 0.378. The van der Waals surface area contributed by atoms with Crippen molar-refractivity contribution in [3.8, 4) is 11.1 Å². The normalized spacial score (nSPS) is 15.1. The maximum absolute atomic E-state index is 6.25. The number of hydrogen-bond donors (Lipinski definition) is 1. The quantitative estimate of drug-likeness (QED) is 0.549. The Morgan fingerprint density at radius 3 is 2.57 bits per heavy atom. The van der Waals surface area contributed by atoms with Crippen LogP contribution < -0.4 is 10.6 Å². The van der Waals surface area contributed by atoms with Crippen LogP contribution in [0.1, 0.15) is 5.56 Å². The number of guanidine groups is 1. The van der Waals surface area contributed by atoms with Crippen molar-refractivity contribution >= 4 is 11.9 Å². The van der Waals surface area contributed by atoms with Gasteiger partial charge in [0, 0.05) is 57.4 Å². The van der Waals surface area contributed by atoms with Crippen molar-refractivity contribution < 1.29 is 0 Å². The molecule has 8 nitrogen and oxygen atoms in total. The number of hydrogen-bond acceptors (Lipinski definition) is 5. The minimum Gasteiger partial charge on any atom is -0.370 e. The van der Waals surface area contributed by atoms with Crippen molar-refractivity contribution in [1.82, 2.24) is 24.6 Å². The van der Waals surface area contributed by atoms with E-state index in [1.807, 2.05) is 31.6 Å². The maximum atomic E-state index is 6.25. The molecule has 0 bridgehead atoms. The average Bonchev–Trinajstić information content (AvgIpc) is 3.19. The van der Waals surface area contributed by atoms with Crippen LogP contribution in [0.4, 0.5) is 5.95 Å². The highest BCUT2D eigenvalue weighted by Gasteiger charge is 2.19. The van der Waals surface area contributed by atoms with E-state index in [-0.39, 0.29) is 0 Å². The molecule has 28 heavy (non-hydrogen) atoms. The Labute approximate surface area is 164 Å². The molecule has 0 radical (unpaired) electrons. The van der Waals surface area contributed by atoms with Gasteiger partial charge in [0.15, 0.2) is 5.96 Å². The Morgan fingerprint density at radius 2 is 1.86 bits per heavy atom. The van der Waals surface area contributed by atoms with Crippen molar-refractivity contribution in [2.45, 2.75) is 6.54 Å². The first-order valence-electron chi connectivity index (χ1n) is 9.34. The summed E-state index contributed by atoms with van der Waals surface area (Å²) in [6.07, 6.45) is 7.41. The van der Waals surface area contributed by atoms with E-state index in [2.05, 4.69) is 48.1 Å². The van der Waals surface area contributed by atoms with Crippen LogP contribution in [-0.4, -0.2) is 56.8 Å².